The molecule has 2 unspecified atom stereocenters. The van der Waals surface area contributed by atoms with Crippen LogP contribution >= 0.6 is 23.2 Å². The van der Waals surface area contributed by atoms with Crippen LogP contribution < -0.4 is 5.32 Å². The van der Waals surface area contributed by atoms with Crippen LogP contribution in [0.1, 0.15) is 61.2 Å². The molecule has 0 radical (unpaired) electrons. The minimum atomic E-state index is 0.0626. The molecule has 1 heterocycles. The molecule has 0 amide bonds. The Balaban J connectivity index is 1.57. The van der Waals surface area contributed by atoms with E-state index >= 15 is 0 Å². The Morgan fingerprint density at radius 2 is 1.88 bits per heavy atom. The molecule has 5 rings (SSSR count). The Hall–Kier alpha value is -2.14. The summed E-state index contributed by atoms with van der Waals surface area (Å²) < 4.78 is 6.12. The first-order chi connectivity index (χ1) is 15.6. The molecule has 3 aromatic rings. The molecular formula is C26H27Cl2N3O. The third-order valence-corrected chi connectivity index (χ3v) is 6.88. The first-order valence-corrected chi connectivity index (χ1v) is 12.2. The zero-order chi connectivity index (χ0) is 22.2. The van der Waals surface area contributed by atoms with E-state index in [1.807, 2.05) is 12.1 Å². The number of rotatable bonds is 7. The summed E-state index contributed by atoms with van der Waals surface area (Å²) in [6.45, 7) is 4.84. The quantitative estimate of drug-likeness (QED) is 0.405. The second kappa shape index (κ2) is 9.01. The standard InChI is InChI=1S/C26H27Cl2N3O/c1-3-21-24(19-12-11-17(27)14-20(19)28)30-23(15-9-10-15)26(29-21)31-25-18-8-6-5-7-16(18)13-22(25)32-4-2/h5-8,11-12,14-15,22,25H,3-4,9-10,13H2,1-2H3,(H,29,31). The van der Waals surface area contributed by atoms with Gasteiger partial charge in [-0.2, -0.15) is 0 Å². The molecular weight excluding hydrogens is 441 g/mol. The lowest BCUT2D eigenvalue weighted by Crippen LogP contribution is -2.26. The number of nitrogens with zero attached hydrogens (tertiary/aromatic N) is 2. The van der Waals surface area contributed by atoms with Gasteiger partial charge in [-0.05, 0) is 55.5 Å². The van der Waals surface area contributed by atoms with Crippen molar-refractivity contribution in [2.75, 3.05) is 11.9 Å². The van der Waals surface area contributed by atoms with E-state index in [-0.39, 0.29) is 12.1 Å². The van der Waals surface area contributed by atoms with Crippen molar-refractivity contribution in [2.45, 2.75) is 57.6 Å². The van der Waals surface area contributed by atoms with Gasteiger partial charge in [0.25, 0.3) is 0 Å². The van der Waals surface area contributed by atoms with Crippen LogP contribution in [0.4, 0.5) is 5.82 Å². The number of anilines is 1. The Kier molecular flexibility index (Phi) is 6.11. The predicted octanol–water partition coefficient (Wildman–Crippen LogP) is 7.00. The summed E-state index contributed by atoms with van der Waals surface area (Å²) in [5, 5.41) is 4.97. The van der Waals surface area contributed by atoms with E-state index in [2.05, 4.69) is 43.4 Å². The molecule has 0 saturated heterocycles. The average molecular weight is 468 g/mol. The van der Waals surface area contributed by atoms with Gasteiger partial charge >= 0.3 is 0 Å². The molecule has 0 aliphatic heterocycles. The molecule has 2 aliphatic carbocycles. The van der Waals surface area contributed by atoms with Crippen LogP contribution in [0, 0.1) is 0 Å². The maximum atomic E-state index is 6.54. The van der Waals surface area contributed by atoms with Crippen molar-refractivity contribution in [3.63, 3.8) is 0 Å². The monoisotopic (exact) mass is 467 g/mol. The van der Waals surface area contributed by atoms with Gasteiger partial charge in [0.15, 0.2) is 0 Å². The summed E-state index contributed by atoms with van der Waals surface area (Å²) in [6.07, 6.45) is 4.03. The summed E-state index contributed by atoms with van der Waals surface area (Å²) in [5.41, 5.74) is 6.33. The highest BCUT2D eigenvalue weighted by Crippen LogP contribution is 2.45. The fraction of sp³-hybridized carbons (Fsp3) is 0.385. The largest absolute Gasteiger partial charge is 0.376 e. The van der Waals surface area contributed by atoms with Gasteiger partial charge in [0.1, 0.15) is 5.82 Å². The third kappa shape index (κ3) is 4.12. The van der Waals surface area contributed by atoms with Gasteiger partial charge in [0.05, 0.1) is 34.3 Å². The summed E-state index contributed by atoms with van der Waals surface area (Å²) >= 11 is 12.7. The van der Waals surface area contributed by atoms with Gasteiger partial charge in [-0.1, -0.05) is 54.4 Å². The zero-order valence-corrected chi connectivity index (χ0v) is 19.9. The molecule has 4 nitrogen and oxygen atoms in total. The molecule has 1 saturated carbocycles. The number of halogens is 2. The molecule has 2 aliphatic rings. The van der Waals surface area contributed by atoms with E-state index < -0.39 is 0 Å². The van der Waals surface area contributed by atoms with E-state index in [9.17, 15) is 0 Å². The van der Waals surface area contributed by atoms with Crippen molar-refractivity contribution in [1.82, 2.24) is 9.97 Å². The molecule has 2 aromatic carbocycles. The minimum Gasteiger partial charge on any atom is -0.376 e. The normalized spacial score (nSPS) is 19.8. The van der Waals surface area contributed by atoms with Crippen LogP contribution in [-0.4, -0.2) is 22.7 Å². The van der Waals surface area contributed by atoms with E-state index in [4.69, 9.17) is 37.9 Å². The number of aryl methyl sites for hydroxylation is 1. The number of ether oxygens (including phenoxy) is 1. The van der Waals surface area contributed by atoms with Crippen molar-refractivity contribution in [3.05, 3.63) is 75.0 Å². The van der Waals surface area contributed by atoms with Gasteiger partial charge < -0.3 is 10.1 Å². The first kappa shape index (κ1) is 21.7. The molecule has 166 valence electrons. The highest BCUT2D eigenvalue weighted by Gasteiger charge is 2.36. The lowest BCUT2D eigenvalue weighted by Gasteiger charge is -2.24. The summed E-state index contributed by atoms with van der Waals surface area (Å²) in [7, 11) is 0. The SMILES string of the molecule is CCOC1Cc2ccccc2C1Nc1nc(CC)c(-c2ccc(Cl)cc2Cl)nc1C1CC1. The van der Waals surface area contributed by atoms with Crippen LogP contribution in [-0.2, 0) is 17.6 Å². The Morgan fingerprint density at radius 3 is 2.59 bits per heavy atom. The Bertz CT molecular complexity index is 1150. The van der Waals surface area contributed by atoms with Crippen LogP contribution in [0.5, 0.6) is 0 Å². The second-order valence-electron chi connectivity index (χ2n) is 8.52. The molecule has 1 aromatic heterocycles. The van der Waals surface area contributed by atoms with Crippen LogP contribution in [0.15, 0.2) is 42.5 Å². The van der Waals surface area contributed by atoms with Crippen LogP contribution in [0.3, 0.4) is 0 Å². The molecule has 6 heteroatoms. The maximum absolute atomic E-state index is 6.54. The van der Waals surface area contributed by atoms with Crippen LogP contribution in [0.25, 0.3) is 11.3 Å². The topological polar surface area (TPSA) is 47.0 Å². The van der Waals surface area contributed by atoms with E-state index in [1.165, 1.54) is 11.1 Å². The molecule has 1 fully saturated rings. The lowest BCUT2D eigenvalue weighted by molar-refractivity contribution is 0.0573. The van der Waals surface area contributed by atoms with Crippen LogP contribution in [0.2, 0.25) is 10.0 Å². The van der Waals surface area contributed by atoms with Crippen molar-refractivity contribution >= 4 is 29.0 Å². The summed E-state index contributed by atoms with van der Waals surface area (Å²) in [4.78, 5) is 10.2. The number of benzene rings is 2. The number of aromatic nitrogens is 2. The van der Waals surface area contributed by atoms with Crippen molar-refractivity contribution in [2.24, 2.45) is 0 Å². The minimum absolute atomic E-state index is 0.0626. The van der Waals surface area contributed by atoms with Crippen molar-refractivity contribution in [3.8, 4) is 11.3 Å². The smallest absolute Gasteiger partial charge is 0.148 e. The highest BCUT2D eigenvalue weighted by atomic mass is 35.5. The summed E-state index contributed by atoms with van der Waals surface area (Å²) in [5.74, 6) is 1.31. The fourth-order valence-corrected chi connectivity index (χ4v) is 5.12. The van der Waals surface area contributed by atoms with E-state index in [0.717, 1.165) is 54.1 Å². The number of nitrogens with one attached hydrogen (secondary N) is 1. The third-order valence-electron chi connectivity index (χ3n) is 6.34. The molecule has 0 bridgehead atoms. The zero-order valence-electron chi connectivity index (χ0n) is 18.4. The summed E-state index contributed by atoms with van der Waals surface area (Å²) in [6, 6.07) is 14.2. The van der Waals surface area contributed by atoms with Gasteiger partial charge in [-0.15, -0.1) is 0 Å². The van der Waals surface area contributed by atoms with Gasteiger partial charge in [-0.3, -0.25) is 0 Å². The Labute approximate surface area is 199 Å². The highest BCUT2D eigenvalue weighted by molar-refractivity contribution is 6.36. The molecule has 0 spiro atoms. The first-order valence-electron chi connectivity index (χ1n) is 11.4. The number of fused-ring (bicyclic) bond motifs is 1. The number of hydrogen-bond acceptors (Lipinski definition) is 4. The van der Waals surface area contributed by atoms with E-state index in [1.54, 1.807) is 6.07 Å². The second-order valence-corrected chi connectivity index (χ2v) is 9.37. The molecule has 2 atom stereocenters. The van der Waals surface area contributed by atoms with Gasteiger partial charge in [0.2, 0.25) is 0 Å². The fourth-order valence-electron chi connectivity index (χ4n) is 4.62. The predicted molar refractivity (Wildman–Crippen MR) is 131 cm³/mol. The molecule has 32 heavy (non-hydrogen) atoms. The lowest BCUT2D eigenvalue weighted by atomic mass is 10.1. The van der Waals surface area contributed by atoms with Crippen molar-refractivity contribution < 1.29 is 4.74 Å². The van der Waals surface area contributed by atoms with Gasteiger partial charge in [0, 0.05) is 29.5 Å². The maximum Gasteiger partial charge on any atom is 0.148 e. The average Bonchev–Trinajstić information content (AvgIpc) is 3.57. The van der Waals surface area contributed by atoms with E-state index in [0.29, 0.717) is 22.6 Å². The Morgan fingerprint density at radius 1 is 1.06 bits per heavy atom. The van der Waals surface area contributed by atoms with Gasteiger partial charge in [-0.25, -0.2) is 9.97 Å². The van der Waals surface area contributed by atoms with Crippen molar-refractivity contribution in [1.29, 1.82) is 0 Å². The number of hydrogen-bond donors (Lipinski definition) is 1. The molecule has 1 N–H and O–H groups in total.